The van der Waals surface area contributed by atoms with Crippen LogP contribution in [0.5, 0.6) is 0 Å². The van der Waals surface area contributed by atoms with Crippen LogP contribution in [-0.2, 0) is 23.0 Å². The number of nitrogens with one attached hydrogen (secondary N) is 1. The number of sulfonamides is 1. The summed E-state index contributed by atoms with van der Waals surface area (Å²) in [5.74, 6) is -0.744. The molecule has 1 aromatic heterocycles. The maximum Gasteiger partial charge on any atom is 0.284 e. The molecule has 166 valence electrons. The van der Waals surface area contributed by atoms with E-state index in [1.165, 1.54) is 11.3 Å². The Bertz CT molecular complexity index is 1250. The summed E-state index contributed by atoms with van der Waals surface area (Å²) in [6.45, 7) is 2.88. The third-order valence-corrected chi connectivity index (χ3v) is 6.43. The van der Waals surface area contributed by atoms with Crippen LogP contribution in [0.4, 0.5) is 5.13 Å². The monoisotopic (exact) mass is 488 g/mol. The number of nitrogens with zero attached hydrogens (tertiary/aromatic N) is 3. The Kier molecular flexibility index (Phi) is 7.51. The van der Waals surface area contributed by atoms with Gasteiger partial charge in [-0.1, -0.05) is 35.9 Å². The van der Waals surface area contributed by atoms with Gasteiger partial charge in [-0.25, -0.2) is 18.1 Å². The SMILES string of the molecule is Cc1sc(N(CCc2ccc(C#N)cc2)Cc2ccc(Cl)cc2)nc1C(=O)NS(C)(=O)=O. The van der Waals surface area contributed by atoms with Gasteiger partial charge in [0.2, 0.25) is 10.0 Å². The van der Waals surface area contributed by atoms with Gasteiger partial charge in [-0.2, -0.15) is 5.26 Å². The molecule has 1 heterocycles. The van der Waals surface area contributed by atoms with Crippen molar-refractivity contribution in [3.8, 4) is 6.07 Å². The van der Waals surface area contributed by atoms with Gasteiger partial charge in [-0.05, 0) is 48.7 Å². The maximum absolute atomic E-state index is 12.3. The molecule has 1 amide bonds. The van der Waals surface area contributed by atoms with Gasteiger partial charge in [0, 0.05) is 23.0 Å². The number of rotatable bonds is 8. The van der Waals surface area contributed by atoms with E-state index >= 15 is 0 Å². The number of anilines is 1. The first-order valence-corrected chi connectivity index (χ1v) is 12.7. The Morgan fingerprint density at radius 1 is 1.16 bits per heavy atom. The molecule has 7 nitrogen and oxygen atoms in total. The van der Waals surface area contributed by atoms with E-state index in [-0.39, 0.29) is 5.69 Å². The van der Waals surface area contributed by atoms with Crippen LogP contribution in [0.15, 0.2) is 48.5 Å². The molecular weight excluding hydrogens is 468 g/mol. The van der Waals surface area contributed by atoms with Crippen molar-refractivity contribution < 1.29 is 13.2 Å². The van der Waals surface area contributed by atoms with E-state index in [4.69, 9.17) is 16.9 Å². The van der Waals surface area contributed by atoms with Crippen molar-refractivity contribution in [3.63, 3.8) is 0 Å². The predicted molar refractivity (Wildman–Crippen MR) is 127 cm³/mol. The summed E-state index contributed by atoms with van der Waals surface area (Å²) < 4.78 is 24.9. The van der Waals surface area contributed by atoms with Crippen LogP contribution in [0.25, 0.3) is 0 Å². The Morgan fingerprint density at radius 3 is 2.38 bits per heavy atom. The van der Waals surface area contributed by atoms with Crippen LogP contribution in [-0.4, -0.2) is 32.1 Å². The van der Waals surface area contributed by atoms with Crippen molar-refractivity contribution in [1.82, 2.24) is 9.71 Å². The third-order valence-electron chi connectivity index (χ3n) is 4.59. The molecule has 0 saturated heterocycles. The predicted octanol–water partition coefficient (Wildman–Crippen LogP) is 3.92. The van der Waals surface area contributed by atoms with Gasteiger partial charge in [0.05, 0.1) is 17.9 Å². The number of nitriles is 1. The normalized spacial score (nSPS) is 11.1. The smallest absolute Gasteiger partial charge is 0.284 e. The molecule has 0 saturated carbocycles. The highest BCUT2D eigenvalue weighted by Gasteiger charge is 2.21. The van der Waals surface area contributed by atoms with Crippen molar-refractivity contribution >= 4 is 44.0 Å². The van der Waals surface area contributed by atoms with Crippen LogP contribution >= 0.6 is 22.9 Å². The van der Waals surface area contributed by atoms with Gasteiger partial charge in [0.25, 0.3) is 5.91 Å². The summed E-state index contributed by atoms with van der Waals surface area (Å²) in [7, 11) is -3.69. The highest BCUT2D eigenvalue weighted by Crippen LogP contribution is 2.28. The number of aromatic nitrogens is 1. The summed E-state index contributed by atoms with van der Waals surface area (Å²) in [5.41, 5.74) is 2.77. The number of carbonyl (C=O) groups is 1. The summed E-state index contributed by atoms with van der Waals surface area (Å²) in [6.07, 6.45) is 1.63. The van der Waals surface area contributed by atoms with Crippen molar-refractivity contribution in [3.05, 3.63) is 80.8 Å². The van der Waals surface area contributed by atoms with Gasteiger partial charge in [0.1, 0.15) is 5.69 Å². The van der Waals surface area contributed by atoms with E-state index in [9.17, 15) is 13.2 Å². The first-order valence-electron chi connectivity index (χ1n) is 9.62. The minimum Gasteiger partial charge on any atom is -0.343 e. The molecule has 0 spiro atoms. The molecule has 0 aliphatic rings. The molecule has 1 N–H and O–H groups in total. The van der Waals surface area contributed by atoms with Crippen LogP contribution in [0.3, 0.4) is 0 Å². The molecule has 0 radical (unpaired) electrons. The third kappa shape index (κ3) is 6.53. The lowest BCUT2D eigenvalue weighted by Gasteiger charge is -2.22. The zero-order valence-corrected chi connectivity index (χ0v) is 19.9. The van der Waals surface area contributed by atoms with E-state index in [0.29, 0.717) is 40.1 Å². The summed E-state index contributed by atoms with van der Waals surface area (Å²) >= 11 is 7.33. The minimum absolute atomic E-state index is 0.0925. The second kappa shape index (κ2) is 10.1. The lowest BCUT2D eigenvalue weighted by Crippen LogP contribution is -2.30. The zero-order chi connectivity index (χ0) is 23.3. The van der Waals surface area contributed by atoms with E-state index in [1.54, 1.807) is 19.1 Å². The van der Waals surface area contributed by atoms with E-state index in [1.807, 2.05) is 46.0 Å². The second-order valence-electron chi connectivity index (χ2n) is 7.21. The fraction of sp³-hybridized carbons (Fsp3) is 0.227. The molecule has 3 aromatic rings. The lowest BCUT2D eigenvalue weighted by atomic mass is 10.1. The largest absolute Gasteiger partial charge is 0.343 e. The van der Waals surface area contributed by atoms with Crippen molar-refractivity contribution in [1.29, 1.82) is 5.26 Å². The van der Waals surface area contributed by atoms with E-state index in [2.05, 4.69) is 11.1 Å². The van der Waals surface area contributed by atoms with Gasteiger partial charge in [-0.3, -0.25) is 4.79 Å². The van der Waals surface area contributed by atoms with E-state index in [0.717, 1.165) is 17.4 Å². The fourth-order valence-electron chi connectivity index (χ4n) is 3.01. The summed E-state index contributed by atoms with van der Waals surface area (Å²) in [4.78, 5) is 19.5. The number of carbonyl (C=O) groups excluding carboxylic acids is 1. The van der Waals surface area contributed by atoms with Crippen LogP contribution in [0, 0.1) is 18.3 Å². The Morgan fingerprint density at radius 2 is 1.78 bits per heavy atom. The highest BCUT2D eigenvalue weighted by molar-refractivity contribution is 7.89. The molecule has 0 bridgehead atoms. The standard InChI is InChI=1S/C22H21ClN4O3S2/c1-15-20(21(28)26-32(2,29)30)25-22(31-15)27(14-18-7-9-19(23)10-8-18)12-11-16-3-5-17(13-24)6-4-16/h3-10H,11-12,14H2,1-2H3,(H,26,28). The molecule has 3 rings (SSSR count). The summed E-state index contributed by atoms with van der Waals surface area (Å²) in [6, 6.07) is 17.0. The zero-order valence-electron chi connectivity index (χ0n) is 17.5. The number of halogens is 1. The topological polar surface area (TPSA) is 103 Å². The Balaban J connectivity index is 1.85. The number of thiazole rings is 1. The van der Waals surface area contributed by atoms with Gasteiger partial charge >= 0.3 is 0 Å². The minimum atomic E-state index is -3.69. The van der Waals surface area contributed by atoms with Crippen LogP contribution in [0.1, 0.15) is 32.1 Å². The molecule has 32 heavy (non-hydrogen) atoms. The molecule has 0 fully saturated rings. The first-order chi connectivity index (χ1) is 15.1. The average molecular weight is 489 g/mol. The molecule has 0 unspecified atom stereocenters. The Hall–Kier alpha value is -2.93. The maximum atomic E-state index is 12.3. The highest BCUT2D eigenvalue weighted by atomic mass is 35.5. The number of hydrogen-bond donors (Lipinski definition) is 1. The number of amides is 1. The molecule has 0 aliphatic carbocycles. The average Bonchev–Trinajstić information content (AvgIpc) is 3.13. The number of aryl methyl sites for hydroxylation is 1. The van der Waals surface area contributed by atoms with Crippen LogP contribution < -0.4 is 9.62 Å². The van der Waals surface area contributed by atoms with Crippen molar-refractivity contribution in [2.45, 2.75) is 19.9 Å². The van der Waals surface area contributed by atoms with Crippen molar-refractivity contribution in [2.24, 2.45) is 0 Å². The Labute approximate surface area is 196 Å². The molecular formula is C22H21ClN4O3S2. The lowest BCUT2D eigenvalue weighted by molar-refractivity contribution is 0.0977. The molecule has 0 atom stereocenters. The second-order valence-corrected chi connectivity index (χ2v) is 10.6. The number of benzene rings is 2. The fourth-order valence-corrected chi connectivity index (χ4v) is 4.50. The van der Waals surface area contributed by atoms with Crippen LogP contribution in [0.2, 0.25) is 5.02 Å². The summed E-state index contributed by atoms with van der Waals surface area (Å²) in [5, 5.41) is 10.2. The van der Waals surface area contributed by atoms with Gasteiger partial charge in [0.15, 0.2) is 5.13 Å². The van der Waals surface area contributed by atoms with Gasteiger partial charge < -0.3 is 4.90 Å². The quantitative estimate of drug-likeness (QED) is 0.515. The molecule has 2 aromatic carbocycles. The number of hydrogen-bond acceptors (Lipinski definition) is 7. The van der Waals surface area contributed by atoms with Gasteiger partial charge in [-0.15, -0.1) is 11.3 Å². The molecule has 0 aliphatic heterocycles. The van der Waals surface area contributed by atoms with Crippen molar-refractivity contribution in [2.75, 3.05) is 17.7 Å². The first kappa shape index (κ1) is 23.7. The van der Waals surface area contributed by atoms with E-state index < -0.39 is 15.9 Å². The molecule has 10 heteroatoms.